The van der Waals surface area contributed by atoms with Crippen molar-refractivity contribution in [3.63, 3.8) is 0 Å². The largest absolute Gasteiger partial charge is 0.406 e. The van der Waals surface area contributed by atoms with Gasteiger partial charge >= 0.3 is 6.18 Å². The van der Waals surface area contributed by atoms with Crippen LogP contribution in [0.15, 0.2) is 47.3 Å². The number of carbonyl (C=O) groups is 1. The molecule has 23 heavy (non-hydrogen) atoms. The van der Waals surface area contributed by atoms with E-state index in [0.717, 1.165) is 12.1 Å². The minimum Gasteiger partial charge on any atom is -0.378 e. The number of nitrogens with one attached hydrogen (secondary N) is 1. The third-order valence-electron chi connectivity index (χ3n) is 2.97. The zero-order chi connectivity index (χ0) is 17.0. The Bertz CT molecular complexity index is 751. The molecule has 4 nitrogen and oxygen atoms in total. The van der Waals surface area contributed by atoms with Crippen LogP contribution in [-0.2, 0) is 6.54 Å². The van der Waals surface area contributed by atoms with Crippen LogP contribution >= 0.6 is 0 Å². The van der Waals surface area contributed by atoms with Crippen molar-refractivity contribution in [1.82, 2.24) is 4.57 Å². The summed E-state index contributed by atoms with van der Waals surface area (Å²) < 4.78 is 50.7. The lowest BCUT2D eigenvalue weighted by Gasteiger charge is -2.14. The van der Waals surface area contributed by atoms with Crippen molar-refractivity contribution in [2.24, 2.45) is 0 Å². The first-order chi connectivity index (χ1) is 10.8. The molecule has 1 aromatic heterocycles. The van der Waals surface area contributed by atoms with Crippen molar-refractivity contribution >= 4 is 11.5 Å². The number of carbonyl (C=O) groups excluding carboxylic acids is 1. The first kappa shape index (κ1) is 16.7. The van der Waals surface area contributed by atoms with E-state index in [4.69, 9.17) is 0 Å². The van der Waals surface area contributed by atoms with Crippen molar-refractivity contribution in [3.05, 3.63) is 64.3 Å². The Balaban J connectivity index is 2.17. The molecule has 0 fully saturated rings. The Morgan fingerprint density at radius 1 is 1.09 bits per heavy atom. The number of alkyl halides is 3. The lowest BCUT2D eigenvalue weighted by molar-refractivity contribution is -0.141. The molecule has 0 aliphatic rings. The van der Waals surface area contributed by atoms with Crippen LogP contribution in [0.2, 0.25) is 0 Å². The van der Waals surface area contributed by atoms with Gasteiger partial charge in [-0.3, -0.25) is 14.2 Å². The molecule has 0 spiro atoms. The maximum absolute atomic E-state index is 12.8. The summed E-state index contributed by atoms with van der Waals surface area (Å²) in [5.41, 5.74) is -0.820. The van der Waals surface area contributed by atoms with Crippen LogP contribution in [-0.4, -0.2) is 23.1 Å². The van der Waals surface area contributed by atoms with Gasteiger partial charge in [0.25, 0.3) is 5.56 Å². The number of Topliss-reactive ketones (excluding diaryl/α,β-unsaturated/α-hetero) is 1. The number of rotatable bonds is 5. The first-order valence-corrected chi connectivity index (χ1v) is 6.55. The molecule has 1 N–H and O–H groups in total. The molecular weight excluding hydrogens is 316 g/mol. The number of ketones is 1. The number of hydrogen-bond acceptors (Lipinski definition) is 3. The van der Waals surface area contributed by atoms with Crippen LogP contribution in [0.5, 0.6) is 0 Å². The van der Waals surface area contributed by atoms with Gasteiger partial charge in [-0.1, -0.05) is 6.07 Å². The van der Waals surface area contributed by atoms with Crippen molar-refractivity contribution in [2.45, 2.75) is 12.7 Å². The number of aromatic nitrogens is 1. The predicted octanol–water partition coefficient (Wildman–Crippen LogP) is 2.84. The molecule has 2 rings (SSSR count). The van der Waals surface area contributed by atoms with Crippen LogP contribution < -0.4 is 10.9 Å². The molecule has 1 aromatic carbocycles. The van der Waals surface area contributed by atoms with E-state index in [-0.39, 0.29) is 12.2 Å². The molecule has 0 radical (unpaired) electrons. The number of benzene rings is 1. The van der Waals surface area contributed by atoms with E-state index in [1.165, 1.54) is 30.3 Å². The van der Waals surface area contributed by atoms with Gasteiger partial charge in [-0.2, -0.15) is 13.2 Å². The summed E-state index contributed by atoms with van der Waals surface area (Å²) in [4.78, 5) is 23.7. The summed E-state index contributed by atoms with van der Waals surface area (Å²) in [6, 6.07) is 8.45. The first-order valence-electron chi connectivity index (χ1n) is 6.55. The number of halogens is 4. The molecule has 0 amide bonds. The minimum absolute atomic E-state index is 0.326. The molecule has 0 atom stereocenters. The van der Waals surface area contributed by atoms with Crippen molar-refractivity contribution in [3.8, 4) is 0 Å². The van der Waals surface area contributed by atoms with Crippen LogP contribution in [0, 0.1) is 5.82 Å². The van der Waals surface area contributed by atoms with Gasteiger partial charge in [0, 0.05) is 11.8 Å². The third-order valence-corrected chi connectivity index (χ3v) is 2.97. The Labute approximate surface area is 128 Å². The van der Waals surface area contributed by atoms with E-state index < -0.39 is 29.9 Å². The van der Waals surface area contributed by atoms with E-state index in [1.54, 1.807) is 0 Å². The molecular formula is C15H12F4N2O2. The highest BCUT2D eigenvalue weighted by Gasteiger charge is 2.30. The Kier molecular flexibility index (Phi) is 4.83. The van der Waals surface area contributed by atoms with Crippen LogP contribution in [0.4, 0.5) is 23.2 Å². The summed E-state index contributed by atoms with van der Waals surface area (Å²) in [6.45, 7) is -1.86. The summed E-state index contributed by atoms with van der Waals surface area (Å²) in [7, 11) is 0. The molecule has 122 valence electrons. The van der Waals surface area contributed by atoms with E-state index in [2.05, 4.69) is 5.32 Å². The van der Waals surface area contributed by atoms with E-state index in [0.29, 0.717) is 10.3 Å². The van der Waals surface area contributed by atoms with Gasteiger partial charge in [-0.25, -0.2) is 4.39 Å². The molecule has 1 heterocycles. The fraction of sp³-hybridized carbons (Fsp3) is 0.200. The van der Waals surface area contributed by atoms with Crippen LogP contribution in [0.25, 0.3) is 0 Å². The lowest BCUT2D eigenvalue weighted by Crippen LogP contribution is -2.32. The van der Waals surface area contributed by atoms with Crippen molar-refractivity contribution < 1.29 is 22.4 Å². The fourth-order valence-electron chi connectivity index (χ4n) is 1.95. The normalized spacial score (nSPS) is 11.3. The lowest BCUT2D eigenvalue weighted by atomic mass is 10.2. The van der Waals surface area contributed by atoms with E-state index in [1.807, 2.05) is 0 Å². The number of pyridine rings is 1. The van der Waals surface area contributed by atoms with Gasteiger partial charge in [-0.05, 0) is 30.3 Å². The van der Waals surface area contributed by atoms with E-state index in [9.17, 15) is 27.2 Å². The van der Waals surface area contributed by atoms with Crippen LogP contribution in [0.1, 0.15) is 10.5 Å². The third kappa shape index (κ3) is 4.67. The molecule has 0 aliphatic carbocycles. The second-order valence-corrected chi connectivity index (χ2v) is 4.73. The monoisotopic (exact) mass is 328 g/mol. The average molecular weight is 328 g/mol. The highest BCUT2D eigenvalue weighted by molar-refractivity contribution is 5.97. The summed E-state index contributed by atoms with van der Waals surface area (Å²) >= 11 is 0. The maximum atomic E-state index is 12.8. The van der Waals surface area contributed by atoms with Gasteiger partial charge in [0.15, 0.2) is 5.78 Å². The number of hydrogen-bond donors (Lipinski definition) is 1. The Morgan fingerprint density at radius 2 is 1.74 bits per heavy atom. The molecule has 2 aromatic rings. The average Bonchev–Trinajstić information content (AvgIpc) is 2.47. The summed E-state index contributed by atoms with van der Waals surface area (Å²) in [5, 5.41) is 2.67. The van der Waals surface area contributed by atoms with E-state index >= 15 is 0 Å². The zero-order valence-electron chi connectivity index (χ0n) is 11.7. The van der Waals surface area contributed by atoms with Crippen LogP contribution in [0.3, 0.4) is 0 Å². The van der Waals surface area contributed by atoms with Gasteiger partial charge < -0.3 is 5.32 Å². The molecule has 0 saturated heterocycles. The summed E-state index contributed by atoms with van der Waals surface area (Å²) in [5.74, 6) is -1.14. The van der Waals surface area contributed by atoms with Gasteiger partial charge in [0.2, 0.25) is 0 Å². The highest BCUT2D eigenvalue weighted by Crippen LogP contribution is 2.17. The number of anilines is 1. The number of nitrogens with zero attached hydrogens (tertiary/aromatic N) is 1. The maximum Gasteiger partial charge on any atom is 0.406 e. The van der Waals surface area contributed by atoms with Gasteiger partial charge in [0.05, 0.1) is 12.2 Å². The van der Waals surface area contributed by atoms with Crippen molar-refractivity contribution in [2.75, 3.05) is 11.9 Å². The van der Waals surface area contributed by atoms with Gasteiger partial charge in [0.1, 0.15) is 12.4 Å². The SMILES string of the molecule is O=C(CNc1ccc(F)cc1)c1cccc(=O)n1CC(F)(F)F. The fourth-order valence-corrected chi connectivity index (χ4v) is 1.95. The summed E-state index contributed by atoms with van der Waals surface area (Å²) in [6.07, 6.45) is -4.62. The Hall–Kier alpha value is -2.64. The molecule has 0 saturated carbocycles. The molecule has 0 aliphatic heterocycles. The Morgan fingerprint density at radius 3 is 2.35 bits per heavy atom. The second kappa shape index (κ2) is 6.64. The topological polar surface area (TPSA) is 51.1 Å². The quantitative estimate of drug-likeness (QED) is 0.678. The smallest absolute Gasteiger partial charge is 0.378 e. The van der Waals surface area contributed by atoms with Gasteiger partial charge in [-0.15, -0.1) is 0 Å². The molecule has 0 bridgehead atoms. The predicted molar refractivity (Wildman–Crippen MR) is 76.0 cm³/mol. The second-order valence-electron chi connectivity index (χ2n) is 4.73. The standard InChI is InChI=1S/C15H12F4N2O2/c16-10-4-6-11(7-5-10)20-8-13(22)12-2-1-3-14(23)21(12)9-15(17,18)19/h1-7,20H,8-9H2. The minimum atomic E-state index is -4.62. The highest BCUT2D eigenvalue weighted by atomic mass is 19.4. The van der Waals surface area contributed by atoms with Crippen molar-refractivity contribution in [1.29, 1.82) is 0 Å². The molecule has 8 heteroatoms. The molecule has 0 unspecified atom stereocenters. The zero-order valence-corrected chi connectivity index (χ0v) is 11.7.